The number of nitrogens with zero attached hydrogens (tertiary/aromatic N) is 4. The predicted octanol–water partition coefficient (Wildman–Crippen LogP) is 13.3. The number of hydrogen-bond acceptors (Lipinski definition) is 4. The molecular weight excluding hydrogens is 697 g/mol. The summed E-state index contributed by atoms with van der Waals surface area (Å²) in [6.07, 6.45) is 0.466. The SMILES string of the molecule is c1ccc(-c2nc(Cc3cc(-n4c5ccc6ccccc6c5c5c6ccccc6ccc54)cc4oc5ccc6ccccc6c5c34)nc(-c3ccccc3)n2)cc1. The van der Waals surface area contributed by atoms with Gasteiger partial charge >= 0.3 is 0 Å². The van der Waals surface area contributed by atoms with E-state index in [4.69, 9.17) is 19.4 Å². The predicted molar refractivity (Wildman–Crippen MR) is 234 cm³/mol. The molecular formula is C52H32N4O. The smallest absolute Gasteiger partial charge is 0.163 e. The Kier molecular flexibility index (Phi) is 6.92. The summed E-state index contributed by atoms with van der Waals surface area (Å²) in [5, 5.41) is 11.9. The van der Waals surface area contributed by atoms with Gasteiger partial charge in [0.15, 0.2) is 11.6 Å². The van der Waals surface area contributed by atoms with Gasteiger partial charge < -0.3 is 8.98 Å². The van der Waals surface area contributed by atoms with E-state index in [0.29, 0.717) is 23.9 Å². The van der Waals surface area contributed by atoms with Crippen molar-refractivity contribution in [2.75, 3.05) is 0 Å². The topological polar surface area (TPSA) is 56.7 Å². The lowest BCUT2D eigenvalue weighted by Crippen LogP contribution is -2.05. The van der Waals surface area contributed by atoms with Crippen LogP contribution < -0.4 is 0 Å². The second kappa shape index (κ2) is 12.4. The second-order valence-corrected chi connectivity index (χ2v) is 14.7. The molecule has 0 aliphatic carbocycles. The van der Waals surface area contributed by atoms with Crippen LogP contribution in [-0.4, -0.2) is 19.5 Å². The van der Waals surface area contributed by atoms with Crippen LogP contribution >= 0.6 is 0 Å². The molecule has 9 aromatic carbocycles. The van der Waals surface area contributed by atoms with Crippen LogP contribution in [0.25, 0.3) is 105 Å². The van der Waals surface area contributed by atoms with E-state index in [9.17, 15) is 0 Å². The Labute approximate surface area is 327 Å². The second-order valence-electron chi connectivity index (χ2n) is 14.7. The Hall–Kier alpha value is -7.63. The highest BCUT2D eigenvalue weighted by Gasteiger charge is 2.22. The number of hydrogen-bond donors (Lipinski definition) is 0. The van der Waals surface area contributed by atoms with Crippen molar-refractivity contribution in [2.24, 2.45) is 0 Å². The lowest BCUT2D eigenvalue weighted by Gasteiger charge is -2.13. The fourth-order valence-electron chi connectivity index (χ4n) is 8.93. The lowest BCUT2D eigenvalue weighted by molar-refractivity contribution is 0.668. The lowest BCUT2D eigenvalue weighted by atomic mass is 9.98. The number of aromatic nitrogens is 4. The van der Waals surface area contributed by atoms with Gasteiger partial charge in [-0.25, -0.2) is 15.0 Å². The van der Waals surface area contributed by atoms with Crippen LogP contribution in [-0.2, 0) is 6.42 Å². The fraction of sp³-hybridized carbons (Fsp3) is 0.0192. The molecule has 12 aromatic rings. The molecule has 0 aliphatic heterocycles. The summed E-state index contributed by atoms with van der Waals surface area (Å²) in [7, 11) is 0. The average molecular weight is 729 g/mol. The Morgan fingerprint density at radius 1 is 0.404 bits per heavy atom. The normalized spacial score (nSPS) is 11.9. The van der Waals surface area contributed by atoms with Crippen LogP contribution in [0.5, 0.6) is 0 Å². The Balaban J connectivity index is 1.17. The summed E-state index contributed by atoms with van der Waals surface area (Å²) in [5.74, 6) is 1.99. The molecule has 12 rings (SSSR count). The van der Waals surface area contributed by atoms with Gasteiger partial charge in [-0.15, -0.1) is 0 Å². The quantitative estimate of drug-likeness (QED) is 0.177. The number of benzene rings is 9. The minimum absolute atomic E-state index is 0.466. The Bertz CT molecular complexity index is 3400. The monoisotopic (exact) mass is 728 g/mol. The van der Waals surface area contributed by atoms with Crippen molar-refractivity contribution in [1.82, 2.24) is 19.5 Å². The van der Waals surface area contributed by atoms with E-state index < -0.39 is 0 Å². The van der Waals surface area contributed by atoms with Gasteiger partial charge in [0.25, 0.3) is 0 Å². The van der Waals surface area contributed by atoms with E-state index >= 15 is 0 Å². The molecule has 0 amide bonds. The average Bonchev–Trinajstić information content (AvgIpc) is 3.84. The van der Waals surface area contributed by atoms with E-state index in [0.717, 1.165) is 60.7 Å². The van der Waals surface area contributed by atoms with Gasteiger partial charge in [-0.1, -0.05) is 152 Å². The van der Waals surface area contributed by atoms with E-state index in [2.05, 4.69) is 150 Å². The zero-order chi connectivity index (χ0) is 37.5. The van der Waals surface area contributed by atoms with Crippen molar-refractivity contribution in [1.29, 1.82) is 0 Å². The molecule has 0 spiro atoms. The van der Waals surface area contributed by atoms with Crippen LogP contribution in [0.3, 0.4) is 0 Å². The molecule has 0 atom stereocenters. The van der Waals surface area contributed by atoms with Crippen molar-refractivity contribution in [3.8, 4) is 28.5 Å². The highest BCUT2D eigenvalue weighted by molar-refractivity contribution is 6.28. The summed E-state index contributed by atoms with van der Waals surface area (Å²) in [5.41, 5.74) is 7.96. The fourth-order valence-corrected chi connectivity index (χ4v) is 8.93. The molecule has 5 heteroatoms. The molecule has 0 aliphatic rings. The molecule has 0 N–H and O–H groups in total. The number of furan rings is 1. The largest absolute Gasteiger partial charge is 0.456 e. The van der Waals surface area contributed by atoms with Gasteiger partial charge in [-0.2, -0.15) is 0 Å². The van der Waals surface area contributed by atoms with E-state index in [1.54, 1.807) is 0 Å². The third-order valence-electron chi connectivity index (χ3n) is 11.4. The summed E-state index contributed by atoms with van der Waals surface area (Å²) < 4.78 is 9.27. The van der Waals surface area contributed by atoms with E-state index in [1.165, 1.54) is 37.7 Å². The summed E-state index contributed by atoms with van der Waals surface area (Å²) >= 11 is 0. The third kappa shape index (κ3) is 4.99. The van der Waals surface area contributed by atoms with Crippen LogP contribution in [0.1, 0.15) is 11.4 Å². The van der Waals surface area contributed by atoms with Crippen LogP contribution in [0.4, 0.5) is 0 Å². The van der Waals surface area contributed by atoms with Gasteiger partial charge in [-0.05, 0) is 62.1 Å². The molecule has 0 radical (unpaired) electrons. The minimum Gasteiger partial charge on any atom is -0.456 e. The first kappa shape index (κ1) is 31.7. The van der Waals surface area contributed by atoms with Crippen LogP contribution in [0.15, 0.2) is 186 Å². The number of rotatable bonds is 5. The molecule has 5 nitrogen and oxygen atoms in total. The van der Waals surface area contributed by atoms with Crippen molar-refractivity contribution in [3.05, 3.63) is 193 Å². The highest BCUT2D eigenvalue weighted by atomic mass is 16.3. The molecule has 266 valence electrons. The van der Waals surface area contributed by atoms with Gasteiger partial charge in [0, 0.05) is 45.2 Å². The molecule has 0 unspecified atom stereocenters. The van der Waals surface area contributed by atoms with Gasteiger partial charge in [-0.3, -0.25) is 0 Å². The van der Waals surface area contributed by atoms with Crippen molar-refractivity contribution >= 4 is 76.1 Å². The van der Waals surface area contributed by atoms with Crippen molar-refractivity contribution in [2.45, 2.75) is 6.42 Å². The maximum absolute atomic E-state index is 6.86. The maximum Gasteiger partial charge on any atom is 0.163 e. The highest BCUT2D eigenvalue weighted by Crippen LogP contribution is 2.43. The Morgan fingerprint density at radius 2 is 0.895 bits per heavy atom. The standard InChI is InChI=1S/C52H32N4O/c1-3-16-35(17-4-1)51-53-46(54-52(55-51)36-18-5-2-6-19-36)30-37-29-38(31-45-47(37)50-41-22-12-9-15-34(41)25-28-44(50)57-45)56-42-26-23-32-13-7-10-20-39(32)48(42)49-40-21-11-8-14-33(40)24-27-43(49)56/h1-29,31H,30H2. The van der Waals surface area contributed by atoms with Gasteiger partial charge in [0.1, 0.15) is 17.0 Å². The molecule has 0 saturated heterocycles. The zero-order valence-corrected chi connectivity index (χ0v) is 30.7. The first-order valence-corrected chi connectivity index (χ1v) is 19.3. The van der Waals surface area contributed by atoms with Crippen LogP contribution in [0, 0.1) is 0 Å². The molecule has 3 heterocycles. The molecule has 0 bridgehead atoms. The molecule has 0 saturated carbocycles. The van der Waals surface area contributed by atoms with Crippen molar-refractivity contribution < 1.29 is 4.42 Å². The van der Waals surface area contributed by atoms with Crippen molar-refractivity contribution in [3.63, 3.8) is 0 Å². The third-order valence-corrected chi connectivity index (χ3v) is 11.4. The van der Waals surface area contributed by atoms with Gasteiger partial charge in [0.05, 0.1) is 16.7 Å². The molecule has 57 heavy (non-hydrogen) atoms. The molecule has 3 aromatic heterocycles. The van der Waals surface area contributed by atoms with E-state index in [1.807, 2.05) is 36.4 Å². The summed E-state index contributed by atoms with van der Waals surface area (Å²) in [6, 6.07) is 64.1. The minimum atomic E-state index is 0.466. The van der Waals surface area contributed by atoms with E-state index in [-0.39, 0.29) is 0 Å². The van der Waals surface area contributed by atoms with Gasteiger partial charge in [0.2, 0.25) is 0 Å². The Morgan fingerprint density at radius 3 is 1.46 bits per heavy atom. The number of fused-ring (bicyclic) bond motifs is 12. The summed E-state index contributed by atoms with van der Waals surface area (Å²) in [4.78, 5) is 15.3. The molecule has 0 fully saturated rings. The maximum atomic E-state index is 6.86. The zero-order valence-electron chi connectivity index (χ0n) is 30.7. The van der Waals surface area contributed by atoms with Crippen LogP contribution in [0.2, 0.25) is 0 Å². The summed E-state index contributed by atoms with van der Waals surface area (Å²) in [6.45, 7) is 0. The first-order valence-electron chi connectivity index (χ1n) is 19.3. The first-order chi connectivity index (χ1) is 28.2.